The summed E-state index contributed by atoms with van der Waals surface area (Å²) < 4.78 is 6.88. The van der Waals surface area contributed by atoms with Crippen molar-refractivity contribution in [3.05, 3.63) is 59.7 Å². The van der Waals surface area contributed by atoms with Gasteiger partial charge in [0.25, 0.3) is 0 Å². The maximum Gasteiger partial charge on any atom is 0.328 e. The Kier molecular flexibility index (Phi) is 4.37. The van der Waals surface area contributed by atoms with Crippen molar-refractivity contribution in [1.29, 1.82) is 0 Å². The molecule has 5 nitrogen and oxygen atoms in total. The van der Waals surface area contributed by atoms with E-state index in [1.165, 1.54) is 5.56 Å². The van der Waals surface area contributed by atoms with Crippen LogP contribution >= 0.6 is 0 Å². The van der Waals surface area contributed by atoms with Gasteiger partial charge in [-0.3, -0.25) is 4.79 Å². The molecule has 1 aromatic heterocycles. The molecule has 1 heterocycles. The van der Waals surface area contributed by atoms with Crippen molar-refractivity contribution in [3.63, 3.8) is 0 Å². The Hall–Kier alpha value is -2.69. The Morgan fingerprint density at radius 1 is 1.13 bits per heavy atom. The zero-order valence-corrected chi connectivity index (χ0v) is 13.3. The molecule has 23 heavy (non-hydrogen) atoms. The van der Waals surface area contributed by atoms with Gasteiger partial charge in [-0.25, -0.2) is 4.68 Å². The highest BCUT2D eigenvalue weighted by atomic mass is 16.5. The molecular weight excluding hydrogens is 290 g/mol. The molecule has 0 unspecified atom stereocenters. The fourth-order valence-corrected chi connectivity index (χ4v) is 2.36. The molecule has 0 amide bonds. The van der Waals surface area contributed by atoms with Crippen LogP contribution in [0.2, 0.25) is 0 Å². The molecule has 3 rings (SSSR count). The minimum Gasteiger partial charge on any atom is -0.459 e. The van der Waals surface area contributed by atoms with Crippen LogP contribution < -0.4 is 0 Å². The monoisotopic (exact) mass is 309 g/mol. The number of ether oxygens (including phenoxy) is 1. The van der Waals surface area contributed by atoms with Gasteiger partial charge in [-0.1, -0.05) is 55.5 Å². The number of rotatable bonds is 5. The van der Waals surface area contributed by atoms with Crippen molar-refractivity contribution in [1.82, 2.24) is 15.0 Å². The molecule has 0 bridgehead atoms. The van der Waals surface area contributed by atoms with Gasteiger partial charge in [0.15, 0.2) is 0 Å². The number of carbonyl (C=O) groups is 1. The van der Waals surface area contributed by atoms with Gasteiger partial charge in [0.2, 0.25) is 0 Å². The first kappa shape index (κ1) is 15.2. The Labute approximate surface area is 134 Å². The summed E-state index contributed by atoms with van der Waals surface area (Å²) in [5.41, 5.74) is 3.84. The quantitative estimate of drug-likeness (QED) is 0.679. The summed E-state index contributed by atoms with van der Waals surface area (Å²) in [6.45, 7) is 4.63. The van der Waals surface area contributed by atoms with E-state index in [0.717, 1.165) is 16.6 Å². The van der Waals surface area contributed by atoms with Gasteiger partial charge in [-0.05, 0) is 29.2 Å². The number of esters is 1. The molecule has 3 aromatic rings. The van der Waals surface area contributed by atoms with Crippen LogP contribution in [-0.2, 0) is 22.7 Å². The van der Waals surface area contributed by atoms with Gasteiger partial charge in [-0.15, -0.1) is 5.10 Å². The normalized spacial score (nSPS) is 11.1. The van der Waals surface area contributed by atoms with Crippen LogP contribution in [0.1, 0.15) is 30.9 Å². The maximum atomic E-state index is 12.0. The lowest BCUT2D eigenvalue weighted by atomic mass is 10.0. The van der Waals surface area contributed by atoms with Gasteiger partial charge in [-0.2, -0.15) is 0 Å². The number of aromatic nitrogens is 3. The third-order valence-corrected chi connectivity index (χ3v) is 3.75. The van der Waals surface area contributed by atoms with E-state index in [4.69, 9.17) is 4.74 Å². The highest BCUT2D eigenvalue weighted by Gasteiger charge is 2.10. The molecule has 0 atom stereocenters. The minimum absolute atomic E-state index is 0.0601. The highest BCUT2D eigenvalue weighted by Crippen LogP contribution is 2.15. The molecule has 0 aliphatic carbocycles. The first-order valence-electron chi connectivity index (χ1n) is 7.66. The predicted molar refractivity (Wildman–Crippen MR) is 87.9 cm³/mol. The second-order valence-electron chi connectivity index (χ2n) is 5.79. The van der Waals surface area contributed by atoms with Crippen LogP contribution in [0.15, 0.2) is 48.5 Å². The molecule has 0 spiro atoms. The molecule has 0 saturated carbocycles. The van der Waals surface area contributed by atoms with Crippen LogP contribution in [0.3, 0.4) is 0 Å². The lowest BCUT2D eigenvalue weighted by Crippen LogP contribution is -2.14. The SMILES string of the molecule is CC(C)c1ccc(COC(=O)Cn2nnc3ccccc32)cc1. The van der Waals surface area contributed by atoms with Crippen molar-refractivity contribution in [2.45, 2.75) is 32.9 Å². The summed E-state index contributed by atoms with van der Waals surface area (Å²) in [6.07, 6.45) is 0. The van der Waals surface area contributed by atoms with Crippen molar-refractivity contribution in [3.8, 4) is 0 Å². The number of benzene rings is 2. The van der Waals surface area contributed by atoms with E-state index in [1.807, 2.05) is 36.4 Å². The van der Waals surface area contributed by atoms with Crippen LogP contribution in [-0.4, -0.2) is 21.0 Å². The van der Waals surface area contributed by atoms with E-state index in [1.54, 1.807) is 4.68 Å². The number of hydrogen-bond donors (Lipinski definition) is 0. The van der Waals surface area contributed by atoms with Crippen LogP contribution in [0.25, 0.3) is 11.0 Å². The lowest BCUT2D eigenvalue weighted by molar-refractivity contribution is -0.145. The number of carbonyl (C=O) groups excluding carboxylic acids is 1. The summed E-state index contributed by atoms with van der Waals surface area (Å²) in [7, 11) is 0. The standard InChI is InChI=1S/C18H19N3O2/c1-13(2)15-9-7-14(8-10-15)12-23-18(22)11-21-17-6-4-3-5-16(17)19-20-21/h3-10,13H,11-12H2,1-2H3. The Morgan fingerprint density at radius 2 is 1.87 bits per heavy atom. The molecule has 118 valence electrons. The molecular formula is C18H19N3O2. The summed E-state index contributed by atoms with van der Waals surface area (Å²) in [4.78, 5) is 12.0. The zero-order chi connectivity index (χ0) is 16.2. The van der Waals surface area contributed by atoms with Crippen LogP contribution in [0.4, 0.5) is 0 Å². The molecule has 0 radical (unpaired) electrons. The van der Waals surface area contributed by atoms with Crippen molar-refractivity contribution >= 4 is 17.0 Å². The highest BCUT2D eigenvalue weighted by molar-refractivity contribution is 5.76. The second kappa shape index (κ2) is 6.60. The second-order valence-corrected chi connectivity index (χ2v) is 5.79. The van der Waals surface area contributed by atoms with E-state index in [2.05, 4.69) is 36.3 Å². The Balaban J connectivity index is 1.59. The van der Waals surface area contributed by atoms with E-state index < -0.39 is 0 Å². The van der Waals surface area contributed by atoms with E-state index in [0.29, 0.717) is 5.92 Å². The van der Waals surface area contributed by atoms with Gasteiger partial charge >= 0.3 is 5.97 Å². The number of para-hydroxylation sites is 1. The summed E-state index contributed by atoms with van der Waals surface area (Å²) >= 11 is 0. The molecule has 0 fully saturated rings. The molecule has 0 aliphatic rings. The van der Waals surface area contributed by atoms with Crippen LogP contribution in [0, 0.1) is 0 Å². The Morgan fingerprint density at radius 3 is 2.61 bits per heavy atom. The third-order valence-electron chi connectivity index (χ3n) is 3.75. The molecule has 0 saturated heterocycles. The third kappa shape index (κ3) is 3.56. The van der Waals surface area contributed by atoms with E-state index >= 15 is 0 Å². The number of fused-ring (bicyclic) bond motifs is 1. The summed E-state index contributed by atoms with van der Waals surface area (Å²) in [5, 5.41) is 8.01. The average molecular weight is 309 g/mol. The predicted octanol–water partition coefficient (Wildman–Crippen LogP) is 3.30. The lowest BCUT2D eigenvalue weighted by Gasteiger charge is -2.08. The largest absolute Gasteiger partial charge is 0.459 e. The van der Waals surface area contributed by atoms with Crippen molar-refractivity contribution in [2.24, 2.45) is 0 Å². The fourth-order valence-electron chi connectivity index (χ4n) is 2.36. The summed E-state index contributed by atoms with van der Waals surface area (Å²) in [6, 6.07) is 15.6. The summed E-state index contributed by atoms with van der Waals surface area (Å²) in [5.74, 6) is 0.167. The maximum absolute atomic E-state index is 12.0. The topological polar surface area (TPSA) is 57.0 Å². The van der Waals surface area contributed by atoms with Crippen LogP contribution in [0.5, 0.6) is 0 Å². The van der Waals surface area contributed by atoms with E-state index in [9.17, 15) is 4.79 Å². The number of hydrogen-bond acceptors (Lipinski definition) is 4. The molecule has 0 aliphatic heterocycles. The van der Waals surface area contributed by atoms with Gasteiger partial charge < -0.3 is 4.74 Å². The van der Waals surface area contributed by atoms with Gasteiger partial charge in [0, 0.05) is 0 Å². The van der Waals surface area contributed by atoms with E-state index in [-0.39, 0.29) is 19.1 Å². The van der Waals surface area contributed by atoms with Crippen molar-refractivity contribution < 1.29 is 9.53 Å². The Bertz CT molecular complexity index is 807. The molecule has 0 N–H and O–H groups in total. The first-order chi connectivity index (χ1) is 11.1. The van der Waals surface area contributed by atoms with Gasteiger partial charge in [0.05, 0.1) is 5.52 Å². The smallest absolute Gasteiger partial charge is 0.328 e. The van der Waals surface area contributed by atoms with Gasteiger partial charge in [0.1, 0.15) is 18.7 Å². The minimum atomic E-state index is -0.325. The molecule has 5 heteroatoms. The zero-order valence-electron chi connectivity index (χ0n) is 13.3. The fraction of sp³-hybridized carbons (Fsp3) is 0.278. The number of nitrogens with zero attached hydrogens (tertiary/aromatic N) is 3. The first-order valence-corrected chi connectivity index (χ1v) is 7.66. The molecule has 2 aromatic carbocycles. The average Bonchev–Trinajstić information content (AvgIpc) is 2.96. The van der Waals surface area contributed by atoms with Crippen molar-refractivity contribution in [2.75, 3.05) is 0 Å².